The van der Waals surface area contributed by atoms with Crippen molar-refractivity contribution in [1.82, 2.24) is 0 Å². The van der Waals surface area contributed by atoms with Crippen LogP contribution < -0.4 is 15.2 Å². The van der Waals surface area contributed by atoms with Gasteiger partial charge in [0.05, 0.1) is 13.2 Å². The number of hydrogen-bond donors (Lipinski definition) is 2. The molecule has 0 aliphatic carbocycles. The first kappa shape index (κ1) is 27.9. The summed E-state index contributed by atoms with van der Waals surface area (Å²) in [5.41, 5.74) is 6.36. The molecule has 1 aromatic rings. The molecule has 10 nitrogen and oxygen atoms in total. The number of carboxylic acids is 1. The van der Waals surface area contributed by atoms with Crippen molar-refractivity contribution in [2.24, 2.45) is 17.6 Å². The maximum absolute atomic E-state index is 11.9. The van der Waals surface area contributed by atoms with Crippen molar-refractivity contribution in [1.29, 1.82) is 0 Å². The molecule has 0 spiro atoms. The summed E-state index contributed by atoms with van der Waals surface area (Å²) in [6.45, 7) is 8.68. The second kappa shape index (κ2) is 13.4. The molecule has 0 aromatic heterocycles. The van der Waals surface area contributed by atoms with Gasteiger partial charge in [-0.3, -0.25) is 14.4 Å². The highest BCUT2D eigenvalue weighted by atomic mass is 16.7. The summed E-state index contributed by atoms with van der Waals surface area (Å²) in [6.07, 6.45) is -0.680. The van der Waals surface area contributed by atoms with E-state index in [4.69, 9.17) is 24.7 Å². The van der Waals surface area contributed by atoms with Crippen molar-refractivity contribution in [2.45, 2.75) is 59.4 Å². The van der Waals surface area contributed by atoms with Gasteiger partial charge < -0.3 is 29.8 Å². The molecule has 1 aromatic carbocycles. The van der Waals surface area contributed by atoms with E-state index in [9.17, 15) is 24.3 Å². The number of rotatable bonds is 12. The number of aliphatic carboxylic acids is 1. The van der Waals surface area contributed by atoms with Crippen LogP contribution in [0.5, 0.6) is 11.5 Å². The van der Waals surface area contributed by atoms with Crippen molar-refractivity contribution in [3.63, 3.8) is 0 Å². The monoisotopic (exact) mass is 467 g/mol. The van der Waals surface area contributed by atoms with Crippen molar-refractivity contribution < 1.29 is 43.2 Å². The Morgan fingerprint density at radius 2 is 1.45 bits per heavy atom. The summed E-state index contributed by atoms with van der Waals surface area (Å²) in [6, 6.07) is 3.00. The quantitative estimate of drug-likeness (QED) is 0.346. The van der Waals surface area contributed by atoms with Crippen molar-refractivity contribution in [3.8, 4) is 11.5 Å². The predicted molar refractivity (Wildman–Crippen MR) is 118 cm³/mol. The highest BCUT2D eigenvalue weighted by Gasteiger charge is 2.32. The normalized spacial score (nSPS) is 13.5. The first-order chi connectivity index (χ1) is 15.5. The average molecular weight is 468 g/mol. The van der Waals surface area contributed by atoms with E-state index in [-0.39, 0.29) is 43.5 Å². The lowest BCUT2D eigenvalue weighted by molar-refractivity contribution is -0.139. The molecule has 0 fully saturated rings. The van der Waals surface area contributed by atoms with E-state index in [2.05, 4.69) is 0 Å². The van der Waals surface area contributed by atoms with Gasteiger partial charge in [0, 0.05) is 18.8 Å². The average Bonchev–Trinajstić information content (AvgIpc) is 2.77. The van der Waals surface area contributed by atoms with Gasteiger partial charge in [-0.2, -0.15) is 0 Å². The molecule has 10 heteroatoms. The highest BCUT2D eigenvalue weighted by molar-refractivity contribution is 5.77. The van der Waals surface area contributed by atoms with Gasteiger partial charge in [0.25, 0.3) is 0 Å². The van der Waals surface area contributed by atoms with Gasteiger partial charge in [-0.15, -0.1) is 0 Å². The maximum Gasteiger partial charge on any atom is 0.508 e. The third-order valence-electron chi connectivity index (χ3n) is 4.66. The number of benzene rings is 1. The summed E-state index contributed by atoms with van der Waals surface area (Å²) in [4.78, 5) is 47.1. The van der Waals surface area contributed by atoms with Crippen LogP contribution in [0.2, 0.25) is 0 Å². The van der Waals surface area contributed by atoms with Gasteiger partial charge in [0.1, 0.15) is 6.04 Å². The Kier molecular flexibility index (Phi) is 11.3. The second-order valence-electron chi connectivity index (χ2n) is 7.99. The van der Waals surface area contributed by atoms with Crippen molar-refractivity contribution in [3.05, 3.63) is 23.8 Å². The van der Waals surface area contributed by atoms with Crippen LogP contribution in [0.15, 0.2) is 18.2 Å². The van der Waals surface area contributed by atoms with Gasteiger partial charge in [0.2, 0.25) is 0 Å². The number of hydrogen-bond acceptors (Lipinski definition) is 9. The smallest absolute Gasteiger partial charge is 0.480 e. The largest absolute Gasteiger partial charge is 0.508 e. The van der Waals surface area contributed by atoms with Gasteiger partial charge in [-0.05, 0) is 29.5 Å². The van der Waals surface area contributed by atoms with Crippen molar-refractivity contribution in [2.75, 3.05) is 13.2 Å². The molecule has 3 atom stereocenters. The van der Waals surface area contributed by atoms with E-state index in [1.54, 1.807) is 20.8 Å². The zero-order valence-corrected chi connectivity index (χ0v) is 19.7. The molecular formula is C23H33NO9. The van der Waals surface area contributed by atoms with Crippen LogP contribution in [-0.2, 0) is 23.9 Å². The second-order valence-corrected chi connectivity index (χ2v) is 7.99. The van der Waals surface area contributed by atoms with Crippen LogP contribution in [0.4, 0.5) is 4.79 Å². The Balaban J connectivity index is 3.22. The van der Waals surface area contributed by atoms with E-state index < -0.39 is 41.9 Å². The molecule has 0 bridgehead atoms. The third-order valence-corrected chi connectivity index (χ3v) is 4.66. The fourth-order valence-corrected chi connectivity index (χ4v) is 2.91. The molecule has 33 heavy (non-hydrogen) atoms. The summed E-state index contributed by atoms with van der Waals surface area (Å²) in [5, 5.41) is 9.53. The summed E-state index contributed by atoms with van der Waals surface area (Å²) >= 11 is 0. The minimum Gasteiger partial charge on any atom is -0.480 e. The zero-order valence-electron chi connectivity index (χ0n) is 19.7. The third kappa shape index (κ3) is 9.09. The highest BCUT2D eigenvalue weighted by Crippen LogP contribution is 2.36. The Morgan fingerprint density at radius 1 is 0.909 bits per heavy atom. The molecule has 1 rings (SSSR count). The molecule has 0 saturated heterocycles. The molecule has 2 unspecified atom stereocenters. The van der Waals surface area contributed by atoms with Crippen molar-refractivity contribution >= 4 is 24.1 Å². The standard InChI is InChI=1S/C23H33NO9/c1-6-18(25)32-16-9-8-15(10-17(16)33-19(26)7-2)20(21(24)22(27)28)14(5)12-31-23(29)30-11-13(3)4/h8-10,13-14,20-21H,6-7,11-12,24H2,1-5H3,(H,27,28)/t14?,20?,21-/m0/s1. The van der Waals surface area contributed by atoms with Crippen LogP contribution in [0.3, 0.4) is 0 Å². The van der Waals surface area contributed by atoms with Crippen LogP contribution in [0.1, 0.15) is 58.9 Å². The van der Waals surface area contributed by atoms with E-state index in [1.807, 2.05) is 13.8 Å². The molecule has 0 radical (unpaired) electrons. The number of esters is 2. The van der Waals surface area contributed by atoms with Crippen LogP contribution in [0.25, 0.3) is 0 Å². The maximum atomic E-state index is 11.9. The zero-order chi connectivity index (χ0) is 25.1. The lowest BCUT2D eigenvalue weighted by atomic mass is 9.82. The Hall–Kier alpha value is -3.14. The van der Waals surface area contributed by atoms with Crippen LogP contribution >= 0.6 is 0 Å². The summed E-state index contributed by atoms with van der Waals surface area (Å²) < 4.78 is 20.6. The number of carbonyl (C=O) groups is 4. The van der Waals surface area contributed by atoms with Crippen LogP contribution in [0, 0.1) is 11.8 Å². The van der Waals surface area contributed by atoms with Gasteiger partial charge in [-0.25, -0.2) is 4.79 Å². The minimum absolute atomic E-state index is 0.0243. The SMILES string of the molecule is CCC(=O)Oc1ccc(C(C(C)COC(=O)OCC(C)C)[C@H](N)C(=O)O)cc1OC(=O)CC. The van der Waals surface area contributed by atoms with Gasteiger partial charge in [-0.1, -0.05) is 40.7 Å². The summed E-state index contributed by atoms with van der Waals surface area (Å²) in [5.74, 6) is -3.60. The Labute approximate surface area is 193 Å². The van der Waals surface area contributed by atoms with Gasteiger partial charge in [0.15, 0.2) is 11.5 Å². The lowest BCUT2D eigenvalue weighted by Gasteiger charge is -2.28. The molecule has 0 aliphatic rings. The molecule has 0 aliphatic heterocycles. The minimum atomic E-state index is -1.35. The van der Waals surface area contributed by atoms with Gasteiger partial charge >= 0.3 is 24.1 Å². The lowest BCUT2D eigenvalue weighted by Crippen LogP contribution is -2.40. The topological polar surface area (TPSA) is 151 Å². The fraction of sp³-hybridized carbons (Fsp3) is 0.565. The molecule has 184 valence electrons. The van der Waals surface area contributed by atoms with E-state index in [1.165, 1.54) is 18.2 Å². The first-order valence-electron chi connectivity index (χ1n) is 10.8. The number of nitrogens with two attached hydrogens (primary N) is 1. The molecule has 0 saturated carbocycles. The first-order valence-corrected chi connectivity index (χ1v) is 10.8. The number of carboxylic acid groups (broad SMARTS) is 1. The molecule has 0 amide bonds. The Bertz CT molecular complexity index is 837. The Morgan fingerprint density at radius 3 is 1.97 bits per heavy atom. The van der Waals surface area contributed by atoms with E-state index in [0.29, 0.717) is 5.56 Å². The van der Waals surface area contributed by atoms with E-state index in [0.717, 1.165) is 0 Å². The van der Waals surface area contributed by atoms with E-state index >= 15 is 0 Å². The number of carbonyl (C=O) groups excluding carboxylic acids is 3. The molecule has 3 N–H and O–H groups in total. The van der Waals surface area contributed by atoms with Crippen LogP contribution in [-0.4, -0.2) is 48.4 Å². The summed E-state index contributed by atoms with van der Waals surface area (Å²) in [7, 11) is 0. The predicted octanol–water partition coefficient (Wildman–Crippen LogP) is 3.26. The molecule has 0 heterocycles. The number of ether oxygens (including phenoxy) is 4. The molecular weight excluding hydrogens is 434 g/mol. The fourth-order valence-electron chi connectivity index (χ4n) is 2.91.